The van der Waals surface area contributed by atoms with E-state index in [0.717, 1.165) is 75.2 Å². The number of hydrogen-bond acceptors (Lipinski definition) is 2. The predicted molar refractivity (Wildman–Crippen MR) is 164 cm³/mol. The van der Waals surface area contributed by atoms with Crippen LogP contribution in [0, 0.1) is 10.8 Å². The summed E-state index contributed by atoms with van der Waals surface area (Å²) in [6.45, 7) is 5.83. The van der Waals surface area contributed by atoms with E-state index in [1.54, 1.807) is 6.20 Å². The molecule has 39 heavy (non-hydrogen) atoms. The minimum atomic E-state index is -1.63. The van der Waals surface area contributed by atoms with E-state index in [-0.39, 0.29) is 0 Å². The van der Waals surface area contributed by atoms with Crippen LogP contribution in [0.25, 0.3) is 44.0 Å². The molecule has 0 radical (unpaired) electrons. The Morgan fingerprint density at radius 2 is 1.62 bits per heavy atom. The van der Waals surface area contributed by atoms with Crippen molar-refractivity contribution in [3.8, 4) is 11.3 Å². The molecule has 2 heteroatoms. The molecule has 2 heterocycles. The van der Waals surface area contributed by atoms with Gasteiger partial charge in [-0.15, -0.1) is 0 Å². The van der Waals surface area contributed by atoms with Gasteiger partial charge in [0.15, 0.2) is 0 Å². The molecule has 2 nitrogen and oxygen atoms in total. The molecule has 7 rings (SSSR count). The SMILES string of the molecule is [2H]C1(c2cc(-c3cccc4c3oc3c5ccccc5ccc43)ncc2C([2H])([2H])C(C)(C)C)CCC2(CCCCC2)CC1. The molecule has 2 aliphatic carbocycles. The summed E-state index contributed by atoms with van der Waals surface area (Å²) in [5, 5.41) is 4.35. The predicted octanol–water partition coefficient (Wildman–Crippen LogP) is 11.0. The Bertz CT molecular complexity index is 1800. The van der Waals surface area contributed by atoms with E-state index < -0.39 is 17.7 Å². The average Bonchev–Trinajstić information content (AvgIpc) is 3.38. The smallest absolute Gasteiger partial charge is 0.144 e. The van der Waals surface area contributed by atoms with Gasteiger partial charge in [0, 0.05) is 32.0 Å². The van der Waals surface area contributed by atoms with Gasteiger partial charge < -0.3 is 4.42 Å². The van der Waals surface area contributed by atoms with Gasteiger partial charge in [0.05, 0.1) is 5.69 Å². The monoisotopic (exact) mass is 518 g/mol. The molecule has 2 aliphatic rings. The largest absolute Gasteiger partial charge is 0.455 e. The van der Waals surface area contributed by atoms with Crippen LogP contribution in [-0.4, -0.2) is 4.98 Å². The molecular weight excluding hydrogens is 474 g/mol. The van der Waals surface area contributed by atoms with Gasteiger partial charge in [-0.1, -0.05) is 82.5 Å². The molecule has 2 aromatic heterocycles. The first-order chi connectivity index (χ1) is 20.0. The van der Waals surface area contributed by atoms with Crippen molar-refractivity contribution in [1.82, 2.24) is 4.98 Å². The summed E-state index contributed by atoms with van der Waals surface area (Å²) < 4.78 is 35.0. The van der Waals surface area contributed by atoms with Crippen LogP contribution in [0.2, 0.25) is 0 Å². The number of benzene rings is 3. The van der Waals surface area contributed by atoms with Crippen LogP contribution < -0.4 is 0 Å². The Balaban J connectivity index is 1.39. The van der Waals surface area contributed by atoms with Gasteiger partial charge >= 0.3 is 0 Å². The van der Waals surface area contributed by atoms with Crippen LogP contribution in [0.3, 0.4) is 0 Å². The van der Waals surface area contributed by atoms with Crippen LogP contribution in [0.4, 0.5) is 0 Å². The van der Waals surface area contributed by atoms with Crippen LogP contribution >= 0.6 is 0 Å². The summed E-state index contributed by atoms with van der Waals surface area (Å²) >= 11 is 0. The van der Waals surface area contributed by atoms with E-state index in [2.05, 4.69) is 36.4 Å². The first-order valence-electron chi connectivity index (χ1n) is 16.4. The van der Waals surface area contributed by atoms with Gasteiger partial charge in [0.2, 0.25) is 0 Å². The Hall–Kier alpha value is -3.13. The molecule has 2 saturated carbocycles. The number of fused-ring (bicyclic) bond motifs is 5. The van der Waals surface area contributed by atoms with Crippen LogP contribution in [0.15, 0.2) is 71.3 Å². The lowest BCUT2D eigenvalue weighted by atomic mass is 9.62. The van der Waals surface area contributed by atoms with E-state index in [1.165, 1.54) is 32.1 Å². The fraction of sp³-hybridized carbons (Fsp3) is 0.432. The van der Waals surface area contributed by atoms with Crippen molar-refractivity contribution >= 4 is 32.7 Å². The highest BCUT2D eigenvalue weighted by molar-refractivity contribution is 6.17. The number of furan rings is 1. The fourth-order valence-electron chi connectivity index (χ4n) is 7.28. The summed E-state index contributed by atoms with van der Waals surface area (Å²) in [7, 11) is 0. The molecule has 0 amide bonds. The summed E-state index contributed by atoms with van der Waals surface area (Å²) in [6.07, 6.45) is 10.2. The topological polar surface area (TPSA) is 26.0 Å². The molecule has 0 atom stereocenters. The standard InChI is InChI=1S/C37H41NO/c1-36(2,3)23-27-24-38-33(22-32(27)26-16-20-37(21-17-26)18-7-4-8-19-37)31-13-9-12-29-30-15-14-25-10-5-6-11-28(25)34(30)39-35(29)31/h5-6,9-15,22,24,26H,4,7-8,16-21,23H2,1-3H3/i23D2,26D. The second-order valence-electron chi connectivity index (χ2n) is 13.1. The van der Waals surface area contributed by atoms with Gasteiger partial charge in [-0.2, -0.15) is 0 Å². The maximum absolute atomic E-state index is 9.87. The first-order valence-corrected chi connectivity index (χ1v) is 14.9. The Morgan fingerprint density at radius 3 is 2.41 bits per heavy atom. The van der Waals surface area contributed by atoms with E-state index >= 15 is 0 Å². The molecule has 1 spiro atoms. The third-order valence-electron chi connectivity index (χ3n) is 9.29. The molecule has 3 aromatic carbocycles. The zero-order chi connectivity index (χ0) is 29.3. The number of hydrogen-bond donors (Lipinski definition) is 0. The van der Waals surface area contributed by atoms with Gasteiger partial charge in [0.25, 0.3) is 0 Å². The minimum Gasteiger partial charge on any atom is -0.455 e. The number of aromatic nitrogens is 1. The Labute approximate surface area is 237 Å². The third kappa shape index (κ3) is 4.56. The van der Waals surface area contributed by atoms with E-state index in [1.807, 2.05) is 45.0 Å². The molecule has 0 aliphatic heterocycles. The molecule has 200 valence electrons. The quantitative estimate of drug-likeness (QED) is 0.237. The molecule has 5 aromatic rings. The fourth-order valence-corrected chi connectivity index (χ4v) is 7.28. The van der Waals surface area contributed by atoms with Gasteiger partial charge in [0.1, 0.15) is 11.2 Å². The zero-order valence-electron chi connectivity index (χ0n) is 26.6. The second-order valence-corrected chi connectivity index (χ2v) is 13.1. The lowest BCUT2D eigenvalue weighted by molar-refractivity contribution is 0.114. The summed E-state index contributed by atoms with van der Waals surface area (Å²) in [4.78, 5) is 4.90. The van der Waals surface area contributed by atoms with Crippen molar-refractivity contribution in [3.05, 3.63) is 78.0 Å². The summed E-state index contributed by atoms with van der Waals surface area (Å²) in [6, 6.07) is 20.8. The molecule has 0 unspecified atom stereocenters. The van der Waals surface area contributed by atoms with Crippen LogP contribution in [0.1, 0.15) is 99.7 Å². The molecule has 0 saturated heterocycles. The summed E-state index contributed by atoms with van der Waals surface area (Å²) in [5.74, 6) is -0.841. The van der Waals surface area contributed by atoms with Crippen molar-refractivity contribution in [2.24, 2.45) is 10.8 Å². The second kappa shape index (κ2) is 9.51. The number of pyridine rings is 1. The number of para-hydroxylation sites is 1. The summed E-state index contributed by atoms with van der Waals surface area (Å²) in [5.41, 5.74) is 4.41. The van der Waals surface area contributed by atoms with E-state index in [4.69, 9.17) is 9.40 Å². The number of rotatable bonds is 3. The van der Waals surface area contributed by atoms with Gasteiger partial charge in [-0.05, 0) is 96.3 Å². The Kier molecular flexibility index (Phi) is 5.28. The normalized spacial score (nSPS) is 20.7. The average molecular weight is 519 g/mol. The lowest BCUT2D eigenvalue weighted by Crippen LogP contribution is -2.29. The van der Waals surface area contributed by atoms with Crippen molar-refractivity contribution in [2.75, 3.05) is 0 Å². The third-order valence-corrected chi connectivity index (χ3v) is 9.29. The maximum atomic E-state index is 9.87. The van der Waals surface area contributed by atoms with E-state index in [9.17, 15) is 4.11 Å². The minimum absolute atomic E-state index is 0.379. The van der Waals surface area contributed by atoms with Crippen molar-refractivity contribution in [1.29, 1.82) is 0 Å². The molecule has 2 fully saturated rings. The highest BCUT2D eigenvalue weighted by Gasteiger charge is 2.37. The zero-order valence-corrected chi connectivity index (χ0v) is 23.6. The van der Waals surface area contributed by atoms with Crippen molar-refractivity contribution in [3.63, 3.8) is 0 Å². The van der Waals surface area contributed by atoms with Gasteiger partial charge in [-0.25, -0.2) is 0 Å². The van der Waals surface area contributed by atoms with E-state index in [0.29, 0.717) is 11.0 Å². The highest BCUT2D eigenvalue weighted by atomic mass is 16.3. The first kappa shape index (κ1) is 21.7. The Morgan fingerprint density at radius 1 is 0.872 bits per heavy atom. The van der Waals surface area contributed by atoms with Crippen molar-refractivity contribution < 1.29 is 8.53 Å². The van der Waals surface area contributed by atoms with Crippen molar-refractivity contribution in [2.45, 2.75) is 90.8 Å². The van der Waals surface area contributed by atoms with Crippen LogP contribution in [-0.2, 0) is 6.37 Å². The van der Waals surface area contributed by atoms with Gasteiger partial charge in [-0.3, -0.25) is 4.98 Å². The van der Waals surface area contributed by atoms with Crippen LogP contribution in [0.5, 0.6) is 0 Å². The molecule has 0 bridgehead atoms. The molecular formula is C37H41NO. The number of nitrogens with zero attached hydrogens (tertiary/aromatic N) is 1. The molecule has 0 N–H and O–H groups in total. The highest BCUT2D eigenvalue weighted by Crippen LogP contribution is 2.52. The lowest BCUT2D eigenvalue weighted by Gasteiger charge is -2.43. The maximum Gasteiger partial charge on any atom is 0.144 e.